The summed E-state index contributed by atoms with van der Waals surface area (Å²) >= 11 is 3.05. The first-order chi connectivity index (χ1) is 14.0. The van der Waals surface area contributed by atoms with Crippen LogP contribution in [0.3, 0.4) is 0 Å². The number of hydrogen-bond acceptors (Lipinski definition) is 5. The summed E-state index contributed by atoms with van der Waals surface area (Å²) in [6.07, 6.45) is 8.81. The molecule has 1 aliphatic carbocycles. The minimum absolute atomic E-state index is 0.0862. The molecule has 0 bridgehead atoms. The highest BCUT2D eigenvalue weighted by Crippen LogP contribution is 2.34. The topological polar surface area (TPSA) is 55.2 Å². The zero-order valence-electron chi connectivity index (χ0n) is 17.7. The summed E-state index contributed by atoms with van der Waals surface area (Å²) in [5.41, 5.74) is 1.14. The number of likely N-dealkylation sites (tertiary alicyclic amines) is 1. The molecule has 1 saturated carbocycles. The number of hydrogen-bond donors (Lipinski definition) is 0. The van der Waals surface area contributed by atoms with E-state index in [-0.39, 0.29) is 17.5 Å². The van der Waals surface area contributed by atoms with Gasteiger partial charge in [-0.15, -0.1) is 11.3 Å². The molecule has 4 rings (SSSR count). The lowest BCUT2D eigenvalue weighted by molar-refractivity contribution is -0.132. The van der Waals surface area contributed by atoms with Crippen molar-refractivity contribution < 1.29 is 4.79 Å². The van der Waals surface area contributed by atoms with Gasteiger partial charge in [0.25, 0.3) is 5.56 Å². The van der Waals surface area contributed by atoms with Crippen molar-refractivity contribution in [1.82, 2.24) is 14.5 Å². The third-order valence-electron chi connectivity index (χ3n) is 6.64. The van der Waals surface area contributed by atoms with Crippen molar-refractivity contribution in [2.24, 2.45) is 0 Å². The molecule has 1 aliphatic heterocycles. The van der Waals surface area contributed by atoms with Crippen LogP contribution < -0.4 is 5.56 Å². The molecule has 2 aromatic rings. The van der Waals surface area contributed by atoms with E-state index in [0.717, 1.165) is 77.3 Å². The summed E-state index contributed by atoms with van der Waals surface area (Å²) in [5, 5.41) is 1.51. The standard InChI is InChI=1S/C22H31N3O2S2/c1-4-16-9-7-8-12-24(16)18(26)13-28-22-23-20-19(14(2)15(3)29-20)21(27)25(22)17-10-5-6-11-17/h16-17H,4-13H2,1-3H3. The van der Waals surface area contributed by atoms with Crippen LogP contribution in [-0.2, 0) is 4.79 Å². The molecular weight excluding hydrogens is 402 g/mol. The number of aryl methyl sites for hydroxylation is 2. The maximum atomic E-state index is 13.4. The molecule has 0 aromatic carbocycles. The van der Waals surface area contributed by atoms with Crippen molar-refractivity contribution >= 4 is 39.2 Å². The largest absolute Gasteiger partial charge is 0.339 e. The highest BCUT2D eigenvalue weighted by Gasteiger charge is 2.28. The number of fused-ring (bicyclic) bond motifs is 1. The molecular formula is C22H31N3O2S2. The lowest BCUT2D eigenvalue weighted by Gasteiger charge is -2.35. The van der Waals surface area contributed by atoms with Crippen molar-refractivity contribution in [3.63, 3.8) is 0 Å². The SMILES string of the molecule is CCC1CCCCN1C(=O)CSc1nc2sc(C)c(C)c2c(=O)n1C1CCCC1. The van der Waals surface area contributed by atoms with E-state index in [2.05, 4.69) is 18.7 Å². The summed E-state index contributed by atoms with van der Waals surface area (Å²) in [4.78, 5) is 35.3. The second-order valence-corrected chi connectivity index (χ2v) is 10.6. The lowest BCUT2D eigenvalue weighted by Crippen LogP contribution is -2.44. The second-order valence-electron chi connectivity index (χ2n) is 8.40. The molecule has 0 N–H and O–H groups in total. The normalized spacial score (nSPS) is 20.7. The first-order valence-electron chi connectivity index (χ1n) is 11.0. The van der Waals surface area contributed by atoms with Crippen molar-refractivity contribution in [3.8, 4) is 0 Å². The first-order valence-corrected chi connectivity index (χ1v) is 12.8. The number of thiophene rings is 1. The molecule has 2 fully saturated rings. The van der Waals surface area contributed by atoms with Gasteiger partial charge in [0.2, 0.25) is 5.91 Å². The fourth-order valence-electron chi connectivity index (χ4n) is 4.84. The molecule has 3 heterocycles. The van der Waals surface area contributed by atoms with Crippen LogP contribution in [0.25, 0.3) is 10.2 Å². The number of nitrogens with zero attached hydrogens (tertiary/aromatic N) is 3. The van der Waals surface area contributed by atoms with Crippen LogP contribution in [0, 0.1) is 13.8 Å². The Morgan fingerprint density at radius 1 is 1.17 bits per heavy atom. The number of carbonyl (C=O) groups excluding carboxylic acids is 1. The van der Waals surface area contributed by atoms with Crippen molar-refractivity contribution in [3.05, 3.63) is 20.8 Å². The van der Waals surface area contributed by atoms with Gasteiger partial charge < -0.3 is 4.90 Å². The molecule has 1 saturated heterocycles. The van der Waals surface area contributed by atoms with Gasteiger partial charge in [-0.2, -0.15) is 0 Å². The van der Waals surface area contributed by atoms with Crippen molar-refractivity contribution in [1.29, 1.82) is 0 Å². The van der Waals surface area contributed by atoms with Crippen LogP contribution >= 0.6 is 23.1 Å². The third kappa shape index (κ3) is 4.00. The molecule has 2 aliphatic rings. The molecule has 1 amide bonds. The fourth-order valence-corrected chi connectivity index (χ4v) is 6.86. The molecule has 0 spiro atoms. The number of amides is 1. The predicted molar refractivity (Wildman–Crippen MR) is 121 cm³/mol. The number of thioether (sulfide) groups is 1. The van der Waals surface area contributed by atoms with E-state index >= 15 is 0 Å². The highest BCUT2D eigenvalue weighted by atomic mass is 32.2. The van der Waals surface area contributed by atoms with Crippen LogP contribution in [0.1, 0.15) is 74.8 Å². The summed E-state index contributed by atoms with van der Waals surface area (Å²) in [5.74, 6) is 0.553. The van der Waals surface area contributed by atoms with E-state index in [1.165, 1.54) is 18.2 Å². The van der Waals surface area contributed by atoms with E-state index in [1.54, 1.807) is 11.3 Å². The van der Waals surface area contributed by atoms with Crippen molar-refractivity contribution in [2.45, 2.75) is 89.4 Å². The predicted octanol–water partition coefficient (Wildman–Crippen LogP) is 5.07. The van der Waals surface area contributed by atoms with Crippen LogP contribution in [-0.4, -0.2) is 38.7 Å². The van der Waals surface area contributed by atoms with Gasteiger partial charge in [0.15, 0.2) is 5.16 Å². The smallest absolute Gasteiger partial charge is 0.263 e. The average molecular weight is 434 g/mol. The number of rotatable bonds is 5. The molecule has 1 unspecified atom stereocenters. The quantitative estimate of drug-likeness (QED) is 0.488. The highest BCUT2D eigenvalue weighted by molar-refractivity contribution is 7.99. The Hall–Kier alpha value is -1.34. The summed E-state index contributed by atoms with van der Waals surface area (Å²) in [6, 6.07) is 0.585. The zero-order valence-corrected chi connectivity index (χ0v) is 19.3. The Morgan fingerprint density at radius 2 is 1.90 bits per heavy atom. The Balaban J connectivity index is 1.64. The maximum Gasteiger partial charge on any atom is 0.263 e. The number of aromatic nitrogens is 2. The van der Waals surface area contributed by atoms with Crippen LogP contribution in [0.15, 0.2) is 9.95 Å². The molecule has 1 atom stereocenters. The van der Waals surface area contributed by atoms with Crippen LogP contribution in [0.4, 0.5) is 0 Å². The summed E-state index contributed by atoms with van der Waals surface area (Å²) < 4.78 is 1.92. The minimum atomic E-state index is 0.0862. The van der Waals surface area contributed by atoms with E-state index < -0.39 is 0 Å². The van der Waals surface area contributed by atoms with Gasteiger partial charge in [-0.25, -0.2) is 4.98 Å². The van der Waals surface area contributed by atoms with Crippen LogP contribution in [0.5, 0.6) is 0 Å². The molecule has 29 heavy (non-hydrogen) atoms. The van der Waals surface area contributed by atoms with Gasteiger partial charge in [-0.05, 0) is 57.9 Å². The lowest BCUT2D eigenvalue weighted by atomic mass is 10.0. The van der Waals surface area contributed by atoms with Gasteiger partial charge in [-0.3, -0.25) is 14.2 Å². The monoisotopic (exact) mass is 433 g/mol. The first kappa shape index (κ1) is 20.9. The Labute approximate surface area is 180 Å². The molecule has 2 aromatic heterocycles. The fraction of sp³-hybridized carbons (Fsp3) is 0.682. The second kappa shape index (κ2) is 8.80. The minimum Gasteiger partial charge on any atom is -0.339 e. The zero-order chi connectivity index (χ0) is 20.5. The van der Waals surface area contributed by atoms with E-state index in [0.29, 0.717) is 11.8 Å². The Kier molecular flexibility index (Phi) is 6.35. The number of carbonyl (C=O) groups is 1. The van der Waals surface area contributed by atoms with E-state index in [1.807, 2.05) is 11.5 Å². The number of piperidine rings is 1. The van der Waals surface area contributed by atoms with Gasteiger partial charge in [-0.1, -0.05) is 31.5 Å². The summed E-state index contributed by atoms with van der Waals surface area (Å²) in [6.45, 7) is 7.10. The third-order valence-corrected chi connectivity index (χ3v) is 8.67. The average Bonchev–Trinajstić information content (AvgIpc) is 3.34. The molecule has 0 radical (unpaired) electrons. The maximum absolute atomic E-state index is 13.4. The van der Waals surface area contributed by atoms with Crippen LogP contribution in [0.2, 0.25) is 0 Å². The van der Waals surface area contributed by atoms with Gasteiger partial charge >= 0.3 is 0 Å². The van der Waals surface area contributed by atoms with E-state index in [4.69, 9.17) is 4.98 Å². The van der Waals surface area contributed by atoms with Gasteiger partial charge in [0.1, 0.15) is 4.83 Å². The van der Waals surface area contributed by atoms with Crippen molar-refractivity contribution in [2.75, 3.05) is 12.3 Å². The van der Waals surface area contributed by atoms with Gasteiger partial charge in [0, 0.05) is 23.5 Å². The van der Waals surface area contributed by atoms with Gasteiger partial charge in [0.05, 0.1) is 11.1 Å². The Bertz CT molecular complexity index is 959. The Morgan fingerprint density at radius 3 is 2.62 bits per heavy atom. The van der Waals surface area contributed by atoms with E-state index in [9.17, 15) is 9.59 Å². The molecule has 7 heteroatoms. The molecule has 158 valence electrons. The summed E-state index contributed by atoms with van der Waals surface area (Å²) in [7, 11) is 0. The molecule has 5 nitrogen and oxygen atoms in total.